The lowest BCUT2D eigenvalue weighted by molar-refractivity contribution is 0.408. The number of nitrogens with one attached hydrogen (secondary N) is 3. The summed E-state index contributed by atoms with van der Waals surface area (Å²) < 4.78 is 2.20. The molecule has 8 rings (SSSR count). The largest absolute Gasteiger partial charge is 0.345 e. The number of hydrogen-bond acceptors (Lipinski definition) is 4. The molecular formula is C44H56N8. The average molecular weight is 697 g/mol. The number of H-pyrrole nitrogens is 3. The Morgan fingerprint density at radius 1 is 0.519 bits per heavy atom. The molecule has 0 unspecified atom stereocenters. The van der Waals surface area contributed by atoms with E-state index in [9.17, 15) is 0 Å². The van der Waals surface area contributed by atoms with Gasteiger partial charge in [0.2, 0.25) is 0 Å². The van der Waals surface area contributed by atoms with Gasteiger partial charge in [0.1, 0.15) is 5.82 Å². The summed E-state index contributed by atoms with van der Waals surface area (Å²) in [4.78, 5) is 27.0. The van der Waals surface area contributed by atoms with E-state index in [4.69, 9.17) is 0 Å². The number of aromatic nitrogens is 8. The van der Waals surface area contributed by atoms with Gasteiger partial charge in [0.05, 0.1) is 63.1 Å². The van der Waals surface area contributed by atoms with Crippen molar-refractivity contribution in [3.05, 3.63) is 121 Å². The van der Waals surface area contributed by atoms with Crippen molar-refractivity contribution in [2.75, 3.05) is 0 Å². The van der Waals surface area contributed by atoms with Crippen LogP contribution in [0.15, 0.2) is 104 Å². The first-order valence-corrected chi connectivity index (χ1v) is 18.1. The molecule has 0 aliphatic rings. The van der Waals surface area contributed by atoms with Crippen LogP contribution < -0.4 is 0 Å². The standard InChI is InChI=1S/4C11H14N2/c1-11(2,3)8-4-5-9-10(6-8)13-7-12-9;1-11(2,3)8-5-4-6-9-10(8)13-7-12-9;1-11(2,3)13-8-12-9-6-4-5-7-10(9)13;1-11(2,3)10-12-8-6-4-5-7-9(8)13-10/h2*4-7H,1-3H3,(H,12,13);4-8H,1-3H3;4-7H,1-3H3,(H,12,13). The Balaban J connectivity index is 0.000000134. The maximum Gasteiger partial charge on any atom is 0.112 e. The molecule has 4 aromatic carbocycles. The zero-order valence-corrected chi connectivity index (χ0v) is 33.1. The number of aromatic amines is 3. The van der Waals surface area contributed by atoms with Crippen molar-refractivity contribution in [2.45, 2.75) is 105 Å². The fourth-order valence-electron chi connectivity index (χ4n) is 5.77. The van der Waals surface area contributed by atoms with E-state index < -0.39 is 0 Å². The minimum atomic E-state index is 0.0962. The Morgan fingerprint density at radius 2 is 1.15 bits per heavy atom. The molecule has 4 heterocycles. The van der Waals surface area contributed by atoms with Crippen LogP contribution >= 0.6 is 0 Å². The fraction of sp³-hybridized carbons (Fsp3) is 0.364. The number of hydrogen-bond donors (Lipinski definition) is 3. The molecule has 0 saturated carbocycles. The molecule has 0 fully saturated rings. The molecule has 0 radical (unpaired) electrons. The van der Waals surface area contributed by atoms with E-state index >= 15 is 0 Å². The Kier molecular flexibility index (Phi) is 10.8. The summed E-state index contributed by atoms with van der Waals surface area (Å²) >= 11 is 0. The molecule has 0 aliphatic carbocycles. The van der Waals surface area contributed by atoms with Crippen molar-refractivity contribution < 1.29 is 0 Å². The van der Waals surface area contributed by atoms with Crippen molar-refractivity contribution in [2.24, 2.45) is 0 Å². The first-order valence-electron chi connectivity index (χ1n) is 18.1. The molecular weight excluding hydrogens is 641 g/mol. The molecule has 0 atom stereocenters. The summed E-state index contributed by atoms with van der Waals surface area (Å²) in [5.74, 6) is 1.05. The molecule has 52 heavy (non-hydrogen) atoms. The van der Waals surface area contributed by atoms with Gasteiger partial charge in [-0.25, -0.2) is 19.9 Å². The number of para-hydroxylation sites is 5. The van der Waals surface area contributed by atoms with E-state index in [1.54, 1.807) is 12.7 Å². The molecule has 8 nitrogen and oxygen atoms in total. The van der Waals surface area contributed by atoms with E-state index in [-0.39, 0.29) is 21.8 Å². The van der Waals surface area contributed by atoms with Gasteiger partial charge in [0, 0.05) is 11.0 Å². The van der Waals surface area contributed by atoms with Crippen molar-refractivity contribution in [3.8, 4) is 0 Å². The van der Waals surface area contributed by atoms with Crippen LogP contribution in [0.1, 0.15) is 100 Å². The van der Waals surface area contributed by atoms with Crippen molar-refractivity contribution in [1.29, 1.82) is 0 Å². The molecule has 8 heteroatoms. The van der Waals surface area contributed by atoms with Gasteiger partial charge in [-0.1, -0.05) is 105 Å². The second kappa shape index (κ2) is 14.8. The van der Waals surface area contributed by atoms with E-state index in [2.05, 4.69) is 171 Å². The molecule has 4 aromatic heterocycles. The fourth-order valence-corrected chi connectivity index (χ4v) is 5.77. The van der Waals surface area contributed by atoms with E-state index in [1.165, 1.54) is 16.6 Å². The third-order valence-electron chi connectivity index (χ3n) is 8.82. The van der Waals surface area contributed by atoms with Crippen LogP contribution in [0.4, 0.5) is 0 Å². The summed E-state index contributed by atoms with van der Waals surface area (Å²) in [5.41, 5.74) is 12.0. The first kappa shape index (κ1) is 38.0. The second-order valence-corrected chi connectivity index (χ2v) is 17.4. The van der Waals surface area contributed by atoms with Crippen LogP contribution in [0.3, 0.4) is 0 Å². The van der Waals surface area contributed by atoms with Crippen molar-refractivity contribution >= 4 is 44.1 Å². The number of imidazole rings is 4. The van der Waals surface area contributed by atoms with E-state index in [1.807, 2.05) is 42.7 Å². The van der Waals surface area contributed by atoms with E-state index in [0.717, 1.165) is 44.4 Å². The van der Waals surface area contributed by atoms with E-state index in [0.29, 0.717) is 0 Å². The first-order chi connectivity index (χ1) is 24.3. The molecule has 0 amide bonds. The highest BCUT2D eigenvalue weighted by atomic mass is 15.1. The molecule has 0 bridgehead atoms. The average Bonchev–Trinajstić information content (AvgIpc) is 3.89. The summed E-state index contributed by atoms with van der Waals surface area (Å²) in [6, 6.07) is 29.0. The SMILES string of the molecule is CC(C)(C)c1ccc2nc[nH]c2c1.CC(C)(C)c1cccc2[nH]cnc12.CC(C)(C)c1nc2ccccc2[nH]1.CC(C)(C)n1cnc2ccccc21. The van der Waals surface area contributed by atoms with Gasteiger partial charge in [-0.3, -0.25) is 0 Å². The molecule has 0 spiro atoms. The second-order valence-electron chi connectivity index (χ2n) is 17.4. The summed E-state index contributed by atoms with van der Waals surface area (Å²) in [5, 5.41) is 0. The number of benzene rings is 4. The van der Waals surface area contributed by atoms with Gasteiger partial charge < -0.3 is 19.5 Å². The monoisotopic (exact) mass is 696 g/mol. The lowest BCUT2D eigenvalue weighted by Crippen LogP contribution is -2.20. The normalized spacial score (nSPS) is 12.2. The molecule has 8 aromatic rings. The molecule has 272 valence electrons. The number of rotatable bonds is 0. The van der Waals surface area contributed by atoms with Crippen molar-refractivity contribution in [3.63, 3.8) is 0 Å². The molecule has 3 N–H and O–H groups in total. The van der Waals surface area contributed by atoms with Gasteiger partial charge >= 0.3 is 0 Å². The molecule has 0 saturated heterocycles. The predicted molar refractivity (Wildman–Crippen MR) is 219 cm³/mol. The highest BCUT2D eigenvalue weighted by Crippen LogP contribution is 2.28. The van der Waals surface area contributed by atoms with Gasteiger partial charge in [-0.05, 0) is 85.2 Å². The Hall–Kier alpha value is -5.24. The Labute approximate surface area is 308 Å². The van der Waals surface area contributed by atoms with Crippen LogP contribution in [0.2, 0.25) is 0 Å². The zero-order chi connectivity index (χ0) is 37.9. The quantitative estimate of drug-likeness (QED) is 0.147. The van der Waals surface area contributed by atoms with Crippen molar-refractivity contribution in [1.82, 2.24) is 39.5 Å². The van der Waals surface area contributed by atoms with Crippen LogP contribution in [0, 0.1) is 0 Å². The summed E-state index contributed by atoms with van der Waals surface area (Å²) in [6.45, 7) is 26.3. The van der Waals surface area contributed by atoms with Gasteiger partial charge in [0.25, 0.3) is 0 Å². The Morgan fingerprint density at radius 3 is 1.81 bits per heavy atom. The maximum atomic E-state index is 4.53. The van der Waals surface area contributed by atoms with Crippen LogP contribution in [-0.4, -0.2) is 39.5 Å². The van der Waals surface area contributed by atoms with Gasteiger partial charge in [0.15, 0.2) is 0 Å². The third kappa shape index (κ3) is 9.15. The summed E-state index contributed by atoms with van der Waals surface area (Å²) in [6.07, 6.45) is 5.39. The van der Waals surface area contributed by atoms with Crippen LogP contribution in [0.25, 0.3) is 44.1 Å². The smallest absolute Gasteiger partial charge is 0.112 e. The Bertz CT molecular complexity index is 2290. The number of fused-ring (bicyclic) bond motifs is 4. The topological polar surface area (TPSA) is 104 Å². The third-order valence-corrected chi connectivity index (χ3v) is 8.82. The minimum absolute atomic E-state index is 0.0962. The van der Waals surface area contributed by atoms with Crippen LogP contribution in [0.5, 0.6) is 0 Å². The minimum Gasteiger partial charge on any atom is -0.345 e. The zero-order valence-electron chi connectivity index (χ0n) is 33.1. The molecule has 0 aliphatic heterocycles. The van der Waals surface area contributed by atoms with Gasteiger partial charge in [-0.2, -0.15) is 0 Å². The van der Waals surface area contributed by atoms with Crippen LogP contribution in [-0.2, 0) is 21.8 Å². The lowest BCUT2D eigenvalue weighted by atomic mass is 9.86. The lowest BCUT2D eigenvalue weighted by Gasteiger charge is -2.21. The predicted octanol–water partition coefficient (Wildman–Crippen LogP) is 11.4. The summed E-state index contributed by atoms with van der Waals surface area (Å²) in [7, 11) is 0. The number of nitrogens with zero attached hydrogens (tertiary/aromatic N) is 5. The van der Waals surface area contributed by atoms with Gasteiger partial charge in [-0.15, -0.1) is 0 Å². The highest BCUT2D eigenvalue weighted by Gasteiger charge is 2.19. The highest BCUT2D eigenvalue weighted by molar-refractivity contribution is 5.79. The maximum absolute atomic E-state index is 4.53.